The first-order valence-corrected chi connectivity index (χ1v) is 10.5. The van der Waals surface area contributed by atoms with Gasteiger partial charge in [0.25, 0.3) is 0 Å². The van der Waals surface area contributed by atoms with Crippen molar-refractivity contribution in [2.45, 2.75) is 37.6 Å². The maximum absolute atomic E-state index is 10.3. The molecule has 1 saturated heterocycles. The Hall–Kier alpha value is -2.00. The molecule has 2 N–H and O–H groups in total. The standard InChI is InChI=1S/C19H22ClN5O2S/c20-17-8-13(10-25-6-5-14-3-1-2-4-15(14)25)7-16(27-17)19-23-18(28-24-19)9-21-11-22-12-26/h1-6,12-13,16-17,21H,7-11H2,(H,22,26). The van der Waals surface area contributed by atoms with Gasteiger partial charge < -0.3 is 14.6 Å². The quantitative estimate of drug-likeness (QED) is 0.254. The van der Waals surface area contributed by atoms with E-state index in [1.165, 1.54) is 22.4 Å². The smallest absolute Gasteiger partial charge is 0.208 e. The zero-order valence-corrected chi connectivity index (χ0v) is 16.8. The molecule has 3 aromatic rings. The highest BCUT2D eigenvalue weighted by atomic mass is 35.5. The van der Waals surface area contributed by atoms with E-state index in [0.717, 1.165) is 24.4 Å². The summed E-state index contributed by atoms with van der Waals surface area (Å²) in [5.74, 6) is 1.08. The van der Waals surface area contributed by atoms with Crippen LogP contribution < -0.4 is 10.6 Å². The summed E-state index contributed by atoms with van der Waals surface area (Å²) < 4.78 is 12.7. The topological polar surface area (TPSA) is 81.1 Å². The van der Waals surface area contributed by atoms with Gasteiger partial charge in [-0.3, -0.25) is 10.1 Å². The van der Waals surface area contributed by atoms with Gasteiger partial charge in [0.2, 0.25) is 6.41 Å². The summed E-state index contributed by atoms with van der Waals surface area (Å²) in [5.41, 5.74) is 0.896. The lowest BCUT2D eigenvalue weighted by atomic mass is 9.95. The Balaban J connectivity index is 1.40. The molecule has 4 rings (SSSR count). The summed E-state index contributed by atoms with van der Waals surface area (Å²) in [6, 6.07) is 10.5. The van der Waals surface area contributed by atoms with E-state index in [2.05, 4.69) is 61.1 Å². The highest BCUT2D eigenvalue weighted by molar-refractivity contribution is 7.05. The zero-order valence-electron chi connectivity index (χ0n) is 15.3. The largest absolute Gasteiger partial charge is 0.351 e. The van der Waals surface area contributed by atoms with Gasteiger partial charge in [-0.05, 0) is 47.8 Å². The molecule has 1 aromatic carbocycles. The van der Waals surface area contributed by atoms with Crippen LogP contribution in [0.4, 0.5) is 0 Å². The van der Waals surface area contributed by atoms with E-state index in [0.29, 0.717) is 31.4 Å². The van der Waals surface area contributed by atoms with Crippen LogP contribution in [-0.4, -0.2) is 32.6 Å². The monoisotopic (exact) mass is 419 g/mol. The van der Waals surface area contributed by atoms with E-state index in [9.17, 15) is 4.79 Å². The molecule has 3 atom stereocenters. The molecule has 2 aromatic heterocycles. The predicted octanol–water partition coefficient (Wildman–Crippen LogP) is 3.02. The van der Waals surface area contributed by atoms with Crippen molar-refractivity contribution in [3.8, 4) is 0 Å². The van der Waals surface area contributed by atoms with Crippen LogP contribution in [0.2, 0.25) is 0 Å². The summed E-state index contributed by atoms with van der Waals surface area (Å²) in [6.07, 6.45) is 4.24. The Morgan fingerprint density at radius 3 is 3.11 bits per heavy atom. The van der Waals surface area contributed by atoms with Crippen LogP contribution >= 0.6 is 23.1 Å². The summed E-state index contributed by atoms with van der Waals surface area (Å²) in [7, 11) is 0. The molecule has 28 heavy (non-hydrogen) atoms. The number of para-hydroxylation sites is 1. The summed E-state index contributed by atoms with van der Waals surface area (Å²) in [5, 5.41) is 7.74. The minimum Gasteiger partial charge on any atom is -0.351 e. The van der Waals surface area contributed by atoms with Crippen LogP contribution in [0.1, 0.15) is 29.8 Å². The van der Waals surface area contributed by atoms with Crippen LogP contribution in [0.5, 0.6) is 0 Å². The fourth-order valence-electron chi connectivity index (χ4n) is 3.60. The van der Waals surface area contributed by atoms with Crippen LogP contribution in [-0.2, 0) is 22.6 Å². The van der Waals surface area contributed by atoms with Gasteiger partial charge in [0.1, 0.15) is 16.7 Å². The lowest BCUT2D eigenvalue weighted by Gasteiger charge is -2.31. The molecule has 1 fully saturated rings. The van der Waals surface area contributed by atoms with E-state index in [-0.39, 0.29) is 11.7 Å². The molecule has 7 nitrogen and oxygen atoms in total. The van der Waals surface area contributed by atoms with E-state index >= 15 is 0 Å². The average Bonchev–Trinajstić information content (AvgIpc) is 3.33. The fraction of sp³-hybridized carbons (Fsp3) is 0.421. The van der Waals surface area contributed by atoms with Gasteiger partial charge in [0, 0.05) is 18.3 Å². The number of carbonyl (C=O) groups is 1. The Morgan fingerprint density at radius 1 is 1.32 bits per heavy atom. The van der Waals surface area contributed by atoms with Gasteiger partial charge >= 0.3 is 0 Å². The third-order valence-corrected chi connectivity index (χ3v) is 5.88. The van der Waals surface area contributed by atoms with Gasteiger partial charge in [0.05, 0.1) is 13.2 Å². The molecular formula is C19H22ClN5O2S. The molecule has 0 saturated carbocycles. The number of alkyl halides is 1. The highest BCUT2D eigenvalue weighted by Crippen LogP contribution is 2.36. The number of amides is 1. The molecule has 0 aliphatic carbocycles. The number of nitrogens with zero attached hydrogens (tertiary/aromatic N) is 3. The molecule has 1 amide bonds. The van der Waals surface area contributed by atoms with Crippen molar-refractivity contribution >= 4 is 40.4 Å². The number of benzene rings is 1. The third-order valence-electron chi connectivity index (χ3n) is 4.87. The van der Waals surface area contributed by atoms with E-state index < -0.39 is 0 Å². The normalized spacial score (nSPS) is 22.4. The number of hydrogen-bond acceptors (Lipinski definition) is 6. The molecule has 148 valence electrons. The average molecular weight is 420 g/mol. The van der Waals surface area contributed by atoms with Gasteiger partial charge in [-0.25, -0.2) is 4.98 Å². The van der Waals surface area contributed by atoms with E-state index in [4.69, 9.17) is 16.3 Å². The molecule has 9 heteroatoms. The number of hydrogen-bond donors (Lipinski definition) is 2. The molecule has 0 bridgehead atoms. The Labute approximate surface area is 172 Å². The van der Waals surface area contributed by atoms with Crippen molar-refractivity contribution < 1.29 is 9.53 Å². The second kappa shape index (κ2) is 9.00. The van der Waals surface area contributed by atoms with Crippen molar-refractivity contribution in [1.29, 1.82) is 0 Å². The number of aromatic nitrogens is 3. The van der Waals surface area contributed by atoms with Gasteiger partial charge in [0.15, 0.2) is 5.82 Å². The van der Waals surface area contributed by atoms with Gasteiger partial charge in [-0.1, -0.05) is 29.8 Å². The number of halogens is 1. The van der Waals surface area contributed by atoms with Crippen LogP contribution in [0.25, 0.3) is 10.9 Å². The van der Waals surface area contributed by atoms with Crippen molar-refractivity contribution in [1.82, 2.24) is 24.6 Å². The maximum atomic E-state index is 10.3. The number of ether oxygens (including phenoxy) is 1. The van der Waals surface area contributed by atoms with Crippen molar-refractivity contribution in [2.75, 3.05) is 6.67 Å². The Morgan fingerprint density at radius 2 is 2.21 bits per heavy atom. The fourth-order valence-corrected chi connectivity index (χ4v) is 4.63. The third kappa shape index (κ3) is 4.52. The van der Waals surface area contributed by atoms with Crippen LogP contribution in [0, 0.1) is 5.92 Å². The summed E-state index contributed by atoms with van der Waals surface area (Å²) in [4.78, 5) is 14.9. The molecule has 0 radical (unpaired) electrons. The molecule has 3 unspecified atom stereocenters. The molecular weight excluding hydrogens is 398 g/mol. The predicted molar refractivity (Wildman–Crippen MR) is 109 cm³/mol. The van der Waals surface area contributed by atoms with Gasteiger partial charge in [-0.15, -0.1) is 0 Å². The highest BCUT2D eigenvalue weighted by Gasteiger charge is 2.32. The Kier molecular flexibility index (Phi) is 6.21. The zero-order chi connectivity index (χ0) is 19.3. The van der Waals surface area contributed by atoms with Crippen molar-refractivity contribution in [3.63, 3.8) is 0 Å². The SMILES string of the molecule is O=CNCNCc1nc(C2CC(Cn3ccc4ccccc43)CC(Cl)O2)ns1. The number of nitrogens with one attached hydrogen (secondary N) is 2. The Bertz CT molecular complexity index is 930. The molecule has 3 heterocycles. The van der Waals surface area contributed by atoms with E-state index in [1.807, 2.05) is 0 Å². The number of fused-ring (bicyclic) bond motifs is 1. The lowest BCUT2D eigenvalue weighted by molar-refractivity contribution is -0.109. The van der Waals surface area contributed by atoms with E-state index in [1.54, 1.807) is 0 Å². The molecule has 1 aliphatic heterocycles. The maximum Gasteiger partial charge on any atom is 0.208 e. The first-order chi connectivity index (χ1) is 13.7. The molecule has 1 aliphatic rings. The molecule has 0 spiro atoms. The summed E-state index contributed by atoms with van der Waals surface area (Å²) in [6.45, 7) is 1.84. The van der Waals surface area contributed by atoms with Crippen molar-refractivity contribution in [2.24, 2.45) is 5.92 Å². The summed E-state index contributed by atoms with van der Waals surface area (Å²) >= 11 is 7.75. The van der Waals surface area contributed by atoms with Gasteiger partial charge in [-0.2, -0.15) is 4.37 Å². The van der Waals surface area contributed by atoms with Crippen LogP contribution in [0.15, 0.2) is 36.5 Å². The second-order valence-electron chi connectivity index (χ2n) is 6.87. The van der Waals surface area contributed by atoms with Crippen LogP contribution in [0.3, 0.4) is 0 Å². The lowest BCUT2D eigenvalue weighted by Crippen LogP contribution is -2.28. The minimum absolute atomic E-state index is 0.193. The second-order valence-corrected chi connectivity index (χ2v) is 8.19. The number of rotatable bonds is 8. The number of carbonyl (C=O) groups excluding carboxylic acids is 1. The first kappa shape index (κ1) is 19.3. The van der Waals surface area contributed by atoms with Crippen molar-refractivity contribution in [3.05, 3.63) is 47.4 Å². The minimum atomic E-state index is -0.340. The first-order valence-electron chi connectivity index (χ1n) is 9.26.